The number of carbonyl (C=O) groups excluding carboxylic acids is 1. The second-order valence-electron chi connectivity index (χ2n) is 6.01. The Labute approximate surface area is 140 Å². The van der Waals surface area contributed by atoms with E-state index in [4.69, 9.17) is 0 Å². The molecule has 1 amide bonds. The second kappa shape index (κ2) is 7.12. The van der Waals surface area contributed by atoms with Gasteiger partial charge in [-0.1, -0.05) is 28.1 Å². The summed E-state index contributed by atoms with van der Waals surface area (Å²) in [5.74, 6) is 0.798. The summed E-state index contributed by atoms with van der Waals surface area (Å²) in [7, 11) is 0. The molecule has 0 spiro atoms. The molecular formula is C16H22BrClN2O. The third-order valence-corrected chi connectivity index (χ3v) is 5.01. The lowest BCUT2D eigenvalue weighted by molar-refractivity contribution is -0.123. The summed E-state index contributed by atoms with van der Waals surface area (Å²) in [5.41, 5.74) is 0.887. The van der Waals surface area contributed by atoms with Gasteiger partial charge in [-0.2, -0.15) is 0 Å². The first-order chi connectivity index (χ1) is 9.71. The van der Waals surface area contributed by atoms with Crippen molar-refractivity contribution in [2.45, 2.75) is 31.1 Å². The van der Waals surface area contributed by atoms with E-state index in [9.17, 15) is 4.79 Å². The van der Waals surface area contributed by atoms with E-state index in [1.807, 2.05) is 12.1 Å². The van der Waals surface area contributed by atoms with Crippen molar-refractivity contribution in [2.24, 2.45) is 5.92 Å². The molecule has 2 fully saturated rings. The molecule has 0 aromatic heterocycles. The van der Waals surface area contributed by atoms with Crippen molar-refractivity contribution in [2.75, 3.05) is 19.6 Å². The van der Waals surface area contributed by atoms with Crippen LogP contribution in [0.2, 0.25) is 0 Å². The zero-order valence-electron chi connectivity index (χ0n) is 12.0. The monoisotopic (exact) mass is 372 g/mol. The Morgan fingerprint density at radius 1 is 1.43 bits per heavy atom. The van der Waals surface area contributed by atoms with Crippen LogP contribution >= 0.6 is 28.3 Å². The maximum absolute atomic E-state index is 12.5. The largest absolute Gasteiger partial charge is 0.355 e. The third-order valence-electron chi connectivity index (χ3n) is 4.51. The van der Waals surface area contributed by atoms with E-state index in [1.54, 1.807) is 0 Å². The molecule has 1 heterocycles. The molecule has 0 radical (unpaired) electrons. The minimum Gasteiger partial charge on any atom is -0.355 e. The molecule has 116 valence electrons. The second-order valence-corrected chi connectivity index (χ2v) is 6.93. The molecule has 1 unspecified atom stereocenters. The molecule has 2 aliphatic rings. The van der Waals surface area contributed by atoms with Crippen molar-refractivity contribution in [3.63, 3.8) is 0 Å². The summed E-state index contributed by atoms with van der Waals surface area (Å²) in [6, 6.07) is 8.16. The predicted molar refractivity (Wildman–Crippen MR) is 90.9 cm³/mol. The van der Waals surface area contributed by atoms with E-state index in [0.29, 0.717) is 5.92 Å². The molecular weight excluding hydrogens is 352 g/mol. The van der Waals surface area contributed by atoms with Gasteiger partial charge in [-0.05, 0) is 62.4 Å². The van der Waals surface area contributed by atoms with E-state index in [0.717, 1.165) is 42.5 Å². The van der Waals surface area contributed by atoms with Gasteiger partial charge in [0, 0.05) is 11.0 Å². The average molecular weight is 374 g/mol. The van der Waals surface area contributed by atoms with Crippen LogP contribution in [-0.2, 0) is 10.2 Å². The van der Waals surface area contributed by atoms with Crippen molar-refractivity contribution in [3.05, 3.63) is 34.3 Å². The zero-order chi connectivity index (χ0) is 14.0. The van der Waals surface area contributed by atoms with Crippen LogP contribution in [-0.4, -0.2) is 25.5 Å². The summed E-state index contributed by atoms with van der Waals surface area (Å²) in [4.78, 5) is 12.5. The first kappa shape index (κ1) is 16.8. The fraction of sp³-hybridized carbons (Fsp3) is 0.562. The number of piperidine rings is 1. The topological polar surface area (TPSA) is 41.1 Å². The van der Waals surface area contributed by atoms with Crippen LogP contribution in [0, 0.1) is 5.92 Å². The Balaban J connectivity index is 0.00000161. The summed E-state index contributed by atoms with van der Waals surface area (Å²) in [6.45, 7) is 2.96. The fourth-order valence-corrected chi connectivity index (χ4v) is 3.46. The molecule has 1 saturated carbocycles. The number of halogens is 2. The molecule has 1 atom stereocenters. The van der Waals surface area contributed by atoms with Gasteiger partial charge in [0.25, 0.3) is 0 Å². The quantitative estimate of drug-likeness (QED) is 0.852. The smallest absolute Gasteiger partial charge is 0.230 e. The number of hydrogen-bond donors (Lipinski definition) is 2. The van der Waals surface area contributed by atoms with Gasteiger partial charge in [-0.15, -0.1) is 12.4 Å². The van der Waals surface area contributed by atoms with Crippen LogP contribution in [0.1, 0.15) is 31.2 Å². The van der Waals surface area contributed by atoms with E-state index in [-0.39, 0.29) is 23.7 Å². The van der Waals surface area contributed by atoms with Gasteiger partial charge in [-0.25, -0.2) is 0 Å². The van der Waals surface area contributed by atoms with Crippen LogP contribution in [0.15, 0.2) is 28.7 Å². The highest BCUT2D eigenvalue weighted by atomic mass is 79.9. The van der Waals surface area contributed by atoms with E-state index in [2.05, 4.69) is 38.7 Å². The van der Waals surface area contributed by atoms with Crippen LogP contribution < -0.4 is 10.6 Å². The summed E-state index contributed by atoms with van der Waals surface area (Å²) in [5, 5.41) is 6.57. The highest BCUT2D eigenvalue weighted by Crippen LogP contribution is 2.48. The highest BCUT2D eigenvalue weighted by molar-refractivity contribution is 9.10. The van der Waals surface area contributed by atoms with Gasteiger partial charge in [-0.3, -0.25) is 4.79 Å². The molecule has 2 N–H and O–H groups in total. The molecule has 3 rings (SSSR count). The van der Waals surface area contributed by atoms with Gasteiger partial charge in [0.05, 0.1) is 5.41 Å². The molecule has 3 nitrogen and oxygen atoms in total. The molecule has 1 aromatic carbocycles. The lowest BCUT2D eigenvalue weighted by atomic mass is 9.94. The minimum atomic E-state index is -0.258. The van der Waals surface area contributed by atoms with Gasteiger partial charge in [0.15, 0.2) is 0 Å². The molecule has 1 aliphatic carbocycles. The molecule has 1 saturated heterocycles. The first-order valence-corrected chi connectivity index (χ1v) is 8.25. The van der Waals surface area contributed by atoms with Gasteiger partial charge >= 0.3 is 0 Å². The van der Waals surface area contributed by atoms with Crippen LogP contribution in [0.25, 0.3) is 0 Å². The minimum absolute atomic E-state index is 0. The Morgan fingerprint density at radius 3 is 2.86 bits per heavy atom. The summed E-state index contributed by atoms with van der Waals surface area (Å²) < 4.78 is 1.05. The number of amides is 1. The number of carbonyl (C=O) groups is 1. The van der Waals surface area contributed by atoms with Crippen LogP contribution in [0.3, 0.4) is 0 Å². The fourth-order valence-electron chi connectivity index (χ4n) is 3.06. The molecule has 5 heteroatoms. The number of hydrogen-bond acceptors (Lipinski definition) is 2. The van der Waals surface area contributed by atoms with E-state index >= 15 is 0 Å². The van der Waals surface area contributed by atoms with E-state index in [1.165, 1.54) is 12.8 Å². The van der Waals surface area contributed by atoms with Gasteiger partial charge in [0.1, 0.15) is 0 Å². The van der Waals surface area contributed by atoms with Gasteiger partial charge < -0.3 is 10.6 Å². The Morgan fingerprint density at radius 2 is 2.24 bits per heavy atom. The van der Waals surface area contributed by atoms with Crippen molar-refractivity contribution >= 4 is 34.2 Å². The zero-order valence-corrected chi connectivity index (χ0v) is 14.4. The summed E-state index contributed by atoms with van der Waals surface area (Å²) in [6.07, 6.45) is 4.38. The maximum atomic E-state index is 12.5. The number of rotatable bonds is 4. The highest BCUT2D eigenvalue weighted by Gasteiger charge is 2.51. The van der Waals surface area contributed by atoms with Crippen molar-refractivity contribution in [1.29, 1.82) is 0 Å². The first-order valence-electron chi connectivity index (χ1n) is 7.46. The SMILES string of the molecule is Cl.O=C(NCC1CCCNC1)C1(c2cccc(Br)c2)CC1. The third kappa shape index (κ3) is 3.79. The van der Waals surface area contributed by atoms with Gasteiger partial charge in [0.2, 0.25) is 5.91 Å². The molecule has 1 aliphatic heterocycles. The molecule has 1 aromatic rings. The van der Waals surface area contributed by atoms with Crippen LogP contribution in [0.4, 0.5) is 0 Å². The number of nitrogens with one attached hydrogen (secondary N) is 2. The average Bonchev–Trinajstić information content (AvgIpc) is 3.28. The molecule has 0 bridgehead atoms. The van der Waals surface area contributed by atoms with Crippen molar-refractivity contribution in [1.82, 2.24) is 10.6 Å². The predicted octanol–water partition coefficient (Wildman–Crippen LogP) is 3.02. The molecule has 21 heavy (non-hydrogen) atoms. The van der Waals surface area contributed by atoms with Crippen LogP contribution in [0.5, 0.6) is 0 Å². The van der Waals surface area contributed by atoms with E-state index < -0.39 is 0 Å². The lowest BCUT2D eigenvalue weighted by Crippen LogP contribution is -2.41. The normalized spacial score (nSPS) is 23.0. The Bertz CT molecular complexity index is 499. The van der Waals surface area contributed by atoms with Crippen molar-refractivity contribution < 1.29 is 4.79 Å². The Hall–Kier alpha value is -0.580. The number of benzene rings is 1. The maximum Gasteiger partial charge on any atom is 0.230 e. The lowest BCUT2D eigenvalue weighted by Gasteiger charge is -2.24. The summed E-state index contributed by atoms with van der Waals surface area (Å²) >= 11 is 3.49. The standard InChI is InChI=1S/C16H21BrN2O.ClH/c17-14-5-1-4-13(9-14)16(6-7-16)15(20)19-11-12-3-2-8-18-10-12;/h1,4-5,9,12,18H,2-3,6-8,10-11H2,(H,19,20);1H. The Kier molecular flexibility index (Phi) is 5.69. The van der Waals surface area contributed by atoms with Crippen molar-refractivity contribution in [3.8, 4) is 0 Å².